The van der Waals surface area contributed by atoms with Crippen molar-refractivity contribution in [2.24, 2.45) is 0 Å². The van der Waals surface area contributed by atoms with Gasteiger partial charge in [-0.1, -0.05) is 24.3 Å². The van der Waals surface area contributed by atoms with E-state index in [-0.39, 0.29) is 36.6 Å². The highest BCUT2D eigenvalue weighted by molar-refractivity contribution is 6.11. The number of anilines is 2. The zero-order valence-corrected chi connectivity index (χ0v) is 18.0. The Morgan fingerprint density at radius 2 is 1.97 bits per heavy atom. The number of carbonyl (C=O) groups is 4. The molecule has 10 heteroatoms. The topological polar surface area (TPSA) is 120 Å². The lowest BCUT2D eigenvalue weighted by molar-refractivity contribution is -0.121. The quantitative estimate of drug-likeness (QED) is 0.533. The highest BCUT2D eigenvalue weighted by Gasteiger charge is 2.37. The van der Waals surface area contributed by atoms with Gasteiger partial charge < -0.3 is 25.0 Å². The van der Waals surface area contributed by atoms with Gasteiger partial charge in [0.1, 0.15) is 23.8 Å². The third kappa shape index (κ3) is 4.35. The molecule has 0 fully saturated rings. The van der Waals surface area contributed by atoms with Gasteiger partial charge in [-0.05, 0) is 29.7 Å². The number of hydrogen-bond acceptors (Lipinski definition) is 6. The summed E-state index contributed by atoms with van der Waals surface area (Å²) in [4.78, 5) is 57.1. The number of aldehydes is 1. The number of halogens is 1. The smallest absolute Gasteiger partial charge is 0.271 e. The van der Waals surface area contributed by atoms with Crippen LogP contribution in [0.1, 0.15) is 16.9 Å². The molecule has 3 aromatic rings. The van der Waals surface area contributed by atoms with Crippen LogP contribution in [-0.2, 0) is 14.4 Å². The number of aromatic nitrogens is 1. The summed E-state index contributed by atoms with van der Waals surface area (Å²) in [6.45, 7) is -1.14. The van der Waals surface area contributed by atoms with Gasteiger partial charge in [-0.25, -0.2) is 4.39 Å². The number of aliphatic hydroxyl groups excluding tert-OH is 1. The van der Waals surface area contributed by atoms with E-state index in [0.717, 1.165) is 27.3 Å². The Hall–Kier alpha value is -4.18. The number of pyridine rings is 1. The van der Waals surface area contributed by atoms with Gasteiger partial charge in [0.2, 0.25) is 5.91 Å². The van der Waals surface area contributed by atoms with Crippen molar-refractivity contribution >= 4 is 46.2 Å². The molecule has 3 amide bonds. The molecule has 9 nitrogen and oxygen atoms in total. The summed E-state index contributed by atoms with van der Waals surface area (Å²) in [5, 5.41) is 13.2. The summed E-state index contributed by atoms with van der Waals surface area (Å²) in [6.07, 6.45) is 1.70. The molecular weight excluding hydrogens is 443 g/mol. The number of benzene rings is 2. The van der Waals surface area contributed by atoms with Gasteiger partial charge in [-0.15, -0.1) is 0 Å². The maximum Gasteiger partial charge on any atom is 0.271 e. The molecule has 0 saturated carbocycles. The van der Waals surface area contributed by atoms with Crippen LogP contribution in [0.2, 0.25) is 0 Å². The molecule has 34 heavy (non-hydrogen) atoms. The van der Waals surface area contributed by atoms with Gasteiger partial charge >= 0.3 is 0 Å². The molecule has 0 bridgehead atoms. The third-order valence-electron chi connectivity index (χ3n) is 5.53. The number of amides is 3. The molecule has 0 unspecified atom stereocenters. The molecule has 1 aliphatic rings. The lowest BCUT2D eigenvalue weighted by Gasteiger charge is -2.25. The first-order valence-corrected chi connectivity index (χ1v) is 10.5. The lowest BCUT2D eigenvalue weighted by atomic mass is 10.1. The number of aliphatic hydroxyl groups is 1. The first-order chi connectivity index (χ1) is 16.4. The maximum absolute atomic E-state index is 14.1. The van der Waals surface area contributed by atoms with E-state index in [9.17, 15) is 28.7 Å². The molecule has 2 N–H and O–H groups in total. The SMILES string of the molecule is O=CCN1C(=O)[C@@H](NC(=O)c2nccc3ccccc23)CN(C(=O)CCO)c2cc(F)ccc21. The molecular formula is C24H21FN4O5. The minimum atomic E-state index is -1.26. The summed E-state index contributed by atoms with van der Waals surface area (Å²) in [6, 6.07) is 11.1. The van der Waals surface area contributed by atoms with Crippen LogP contribution >= 0.6 is 0 Å². The predicted octanol–water partition coefficient (Wildman–Crippen LogP) is 1.43. The van der Waals surface area contributed by atoms with E-state index in [1.807, 2.05) is 12.1 Å². The molecule has 0 radical (unpaired) electrons. The van der Waals surface area contributed by atoms with Crippen LogP contribution < -0.4 is 15.1 Å². The zero-order chi connectivity index (χ0) is 24.2. The molecule has 174 valence electrons. The normalized spacial score (nSPS) is 15.6. The fraction of sp³-hybridized carbons (Fsp3) is 0.208. The molecule has 2 aromatic carbocycles. The fourth-order valence-corrected chi connectivity index (χ4v) is 3.97. The molecule has 1 atom stereocenters. The number of carbonyl (C=O) groups excluding carboxylic acids is 4. The molecule has 4 rings (SSSR count). The highest BCUT2D eigenvalue weighted by Crippen LogP contribution is 2.34. The molecule has 1 aromatic heterocycles. The maximum atomic E-state index is 14.1. The molecule has 0 aliphatic carbocycles. The second kappa shape index (κ2) is 9.75. The van der Waals surface area contributed by atoms with Crippen LogP contribution in [0.5, 0.6) is 0 Å². The Morgan fingerprint density at radius 1 is 1.18 bits per heavy atom. The predicted molar refractivity (Wildman–Crippen MR) is 122 cm³/mol. The molecule has 1 aliphatic heterocycles. The van der Waals surface area contributed by atoms with Crippen LogP contribution in [0.25, 0.3) is 10.8 Å². The molecule has 2 heterocycles. The van der Waals surface area contributed by atoms with E-state index in [0.29, 0.717) is 11.7 Å². The highest BCUT2D eigenvalue weighted by atomic mass is 19.1. The van der Waals surface area contributed by atoms with Crippen molar-refractivity contribution in [3.8, 4) is 0 Å². The third-order valence-corrected chi connectivity index (χ3v) is 5.53. The van der Waals surface area contributed by atoms with E-state index in [1.165, 1.54) is 12.3 Å². The van der Waals surface area contributed by atoms with E-state index < -0.39 is 36.2 Å². The number of fused-ring (bicyclic) bond motifs is 2. The van der Waals surface area contributed by atoms with Crippen molar-refractivity contribution in [1.82, 2.24) is 10.3 Å². The van der Waals surface area contributed by atoms with Crippen molar-refractivity contribution < 1.29 is 28.7 Å². The Kier molecular flexibility index (Phi) is 6.60. The lowest BCUT2D eigenvalue weighted by Crippen LogP contribution is -2.53. The van der Waals surface area contributed by atoms with E-state index in [4.69, 9.17) is 0 Å². The van der Waals surface area contributed by atoms with Gasteiger partial charge in [0.25, 0.3) is 11.8 Å². The first kappa shape index (κ1) is 23.0. The van der Waals surface area contributed by atoms with E-state index in [2.05, 4.69) is 10.3 Å². The van der Waals surface area contributed by atoms with Gasteiger partial charge in [0.05, 0.1) is 37.5 Å². The van der Waals surface area contributed by atoms with Crippen LogP contribution in [0.15, 0.2) is 54.7 Å². The van der Waals surface area contributed by atoms with Crippen molar-refractivity contribution in [2.45, 2.75) is 12.5 Å². The largest absolute Gasteiger partial charge is 0.396 e. The average molecular weight is 464 g/mol. The van der Waals surface area contributed by atoms with Gasteiger partial charge in [-0.3, -0.25) is 19.4 Å². The summed E-state index contributed by atoms with van der Waals surface area (Å²) < 4.78 is 14.1. The number of hydrogen-bond donors (Lipinski definition) is 2. The standard InChI is InChI=1S/C24H21FN4O5/c25-16-5-6-19-20(13-16)29(21(32)8-11-30)14-18(24(34)28(19)10-12-31)27-23(33)22-17-4-2-1-3-15(17)7-9-26-22/h1-7,9,12-13,18,30H,8,10-11,14H2,(H,27,33)/t18-/m0/s1. The van der Waals surface area contributed by atoms with E-state index >= 15 is 0 Å². The minimum absolute atomic E-state index is 0.0636. The Morgan fingerprint density at radius 3 is 2.74 bits per heavy atom. The minimum Gasteiger partial charge on any atom is -0.396 e. The van der Waals surface area contributed by atoms with Gasteiger partial charge in [0.15, 0.2) is 0 Å². The van der Waals surface area contributed by atoms with Crippen LogP contribution in [-0.4, -0.2) is 59.8 Å². The van der Waals surface area contributed by atoms with Crippen LogP contribution in [0.3, 0.4) is 0 Å². The van der Waals surface area contributed by atoms with Gasteiger partial charge in [-0.2, -0.15) is 0 Å². The second-order valence-electron chi connectivity index (χ2n) is 7.63. The summed E-state index contributed by atoms with van der Waals surface area (Å²) in [5.41, 5.74) is 0.299. The molecule has 0 spiro atoms. The number of nitrogens with one attached hydrogen (secondary N) is 1. The summed E-state index contributed by atoms with van der Waals surface area (Å²) in [5.74, 6) is -2.51. The summed E-state index contributed by atoms with van der Waals surface area (Å²) in [7, 11) is 0. The van der Waals surface area contributed by atoms with Crippen molar-refractivity contribution in [3.05, 3.63) is 66.2 Å². The Bertz CT molecular complexity index is 1280. The Balaban J connectivity index is 1.75. The monoisotopic (exact) mass is 464 g/mol. The second-order valence-corrected chi connectivity index (χ2v) is 7.63. The average Bonchev–Trinajstić information content (AvgIpc) is 2.94. The number of rotatable bonds is 6. The summed E-state index contributed by atoms with van der Waals surface area (Å²) >= 11 is 0. The fourth-order valence-electron chi connectivity index (χ4n) is 3.97. The van der Waals surface area contributed by atoms with Crippen molar-refractivity contribution in [1.29, 1.82) is 0 Å². The zero-order valence-electron chi connectivity index (χ0n) is 18.0. The van der Waals surface area contributed by atoms with Gasteiger partial charge in [0, 0.05) is 11.6 Å². The van der Waals surface area contributed by atoms with Crippen LogP contribution in [0, 0.1) is 5.82 Å². The van der Waals surface area contributed by atoms with Crippen molar-refractivity contribution in [2.75, 3.05) is 29.5 Å². The van der Waals surface area contributed by atoms with Crippen molar-refractivity contribution in [3.63, 3.8) is 0 Å². The Labute approximate surface area is 193 Å². The first-order valence-electron chi connectivity index (χ1n) is 10.5. The number of nitrogens with zero attached hydrogens (tertiary/aromatic N) is 3. The van der Waals surface area contributed by atoms with E-state index in [1.54, 1.807) is 18.2 Å². The molecule has 0 saturated heterocycles. The van der Waals surface area contributed by atoms with Crippen LogP contribution in [0.4, 0.5) is 15.8 Å².